The minimum Gasteiger partial charge on any atom is -0.481 e. The monoisotopic (exact) mass is 468 g/mol. The van der Waals surface area contributed by atoms with Gasteiger partial charge in [-0.2, -0.15) is 0 Å². The third-order valence-corrected chi connectivity index (χ3v) is 13.1. The van der Waals surface area contributed by atoms with Crippen LogP contribution in [0.3, 0.4) is 0 Å². The van der Waals surface area contributed by atoms with Gasteiger partial charge in [0.15, 0.2) is 0 Å². The predicted molar refractivity (Wildman–Crippen MR) is 136 cm³/mol. The van der Waals surface area contributed by atoms with Crippen molar-refractivity contribution in [3.63, 3.8) is 0 Å². The molecule has 3 nitrogen and oxygen atoms in total. The summed E-state index contributed by atoms with van der Waals surface area (Å²) in [5, 5.41) is 10.9. The first-order valence-corrected chi connectivity index (χ1v) is 14.2. The van der Waals surface area contributed by atoms with Crippen LogP contribution in [0.25, 0.3) is 0 Å². The maximum atomic E-state index is 13.3. The van der Waals surface area contributed by atoms with Crippen molar-refractivity contribution in [2.24, 2.45) is 56.7 Å². The van der Waals surface area contributed by atoms with Gasteiger partial charge in [-0.3, -0.25) is 9.59 Å². The number of fused-ring (bicyclic) bond motifs is 2. The molecule has 1 N–H and O–H groups in total. The number of carboxylic acid groups (broad SMARTS) is 1. The Kier molecular flexibility index (Phi) is 5.38. The van der Waals surface area contributed by atoms with E-state index in [2.05, 4.69) is 48.1 Å². The molecule has 8 atom stereocenters. The van der Waals surface area contributed by atoms with Crippen LogP contribution in [-0.4, -0.2) is 16.9 Å². The average Bonchev–Trinajstić information content (AvgIpc) is 3.32. The van der Waals surface area contributed by atoms with Crippen LogP contribution in [0.5, 0.6) is 0 Å². The first kappa shape index (κ1) is 24.6. The summed E-state index contributed by atoms with van der Waals surface area (Å²) in [7, 11) is 0. The van der Waals surface area contributed by atoms with Crippen molar-refractivity contribution in [3.05, 3.63) is 12.2 Å². The summed E-state index contributed by atoms with van der Waals surface area (Å²) in [4.78, 5) is 26.1. The van der Waals surface area contributed by atoms with E-state index in [-0.39, 0.29) is 16.7 Å². The molecule has 0 saturated heterocycles. The number of carbonyl (C=O) groups excluding carboxylic acids is 1. The minimum absolute atomic E-state index is 0.120. The van der Waals surface area contributed by atoms with E-state index in [1.54, 1.807) is 0 Å². The third-order valence-electron chi connectivity index (χ3n) is 13.1. The predicted octanol–water partition coefficient (Wildman–Crippen LogP) is 7.69. The van der Waals surface area contributed by atoms with Crippen molar-refractivity contribution >= 4 is 11.8 Å². The van der Waals surface area contributed by atoms with Crippen molar-refractivity contribution in [2.45, 2.75) is 112 Å². The largest absolute Gasteiger partial charge is 0.481 e. The van der Waals surface area contributed by atoms with Crippen molar-refractivity contribution < 1.29 is 14.7 Å². The molecule has 0 bridgehead atoms. The van der Waals surface area contributed by atoms with Crippen molar-refractivity contribution in [2.75, 3.05) is 0 Å². The Labute approximate surface area is 207 Å². The number of allylic oxidation sites excluding steroid dienone is 1. The van der Waals surface area contributed by atoms with E-state index in [1.165, 1.54) is 12.0 Å². The summed E-state index contributed by atoms with van der Waals surface area (Å²) in [5.74, 6) is 2.13. The van der Waals surface area contributed by atoms with Crippen LogP contribution in [-0.2, 0) is 9.59 Å². The molecular weight excluding hydrogens is 420 g/mol. The van der Waals surface area contributed by atoms with E-state index in [0.29, 0.717) is 40.3 Å². The molecule has 5 aliphatic carbocycles. The number of hydrogen-bond donors (Lipinski definition) is 1. The molecule has 5 rings (SSSR count). The van der Waals surface area contributed by atoms with Gasteiger partial charge in [-0.05, 0) is 110 Å². The fourth-order valence-corrected chi connectivity index (χ4v) is 11.1. The highest BCUT2D eigenvalue weighted by Gasteiger charge is 2.83. The molecule has 5 fully saturated rings. The Balaban J connectivity index is 1.46. The zero-order valence-electron chi connectivity index (χ0n) is 22.6. The molecule has 0 aliphatic heterocycles. The second-order valence-electron chi connectivity index (χ2n) is 14.5. The Morgan fingerprint density at radius 2 is 1.65 bits per heavy atom. The highest BCUT2D eigenvalue weighted by molar-refractivity contribution is 5.86. The minimum atomic E-state index is -0.585. The van der Waals surface area contributed by atoms with Crippen LogP contribution in [0.15, 0.2) is 12.2 Å². The van der Waals surface area contributed by atoms with E-state index in [1.807, 2.05) is 0 Å². The fraction of sp³-hybridized carbons (Fsp3) is 0.871. The zero-order chi connectivity index (χ0) is 24.9. The van der Waals surface area contributed by atoms with E-state index >= 15 is 0 Å². The second kappa shape index (κ2) is 7.45. The first-order valence-electron chi connectivity index (χ1n) is 14.2. The van der Waals surface area contributed by atoms with E-state index in [0.717, 1.165) is 64.2 Å². The number of Topliss-reactive ketones (excluding diaryl/α,β-unsaturated/α-hetero) is 1. The quantitative estimate of drug-likeness (QED) is 0.407. The van der Waals surface area contributed by atoms with E-state index < -0.39 is 11.4 Å². The van der Waals surface area contributed by atoms with Gasteiger partial charge in [-0.15, -0.1) is 0 Å². The molecule has 34 heavy (non-hydrogen) atoms. The second-order valence-corrected chi connectivity index (χ2v) is 14.5. The number of aliphatic carboxylic acids is 1. The molecule has 5 saturated carbocycles. The van der Waals surface area contributed by atoms with Crippen molar-refractivity contribution in [3.8, 4) is 0 Å². The van der Waals surface area contributed by atoms with Gasteiger partial charge in [0.25, 0.3) is 0 Å². The van der Waals surface area contributed by atoms with Gasteiger partial charge in [-0.25, -0.2) is 0 Å². The number of rotatable bonds is 6. The van der Waals surface area contributed by atoms with Crippen LogP contribution < -0.4 is 0 Å². The summed E-state index contributed by atoms with van der Waals surface area (Å²) in [6.07, 6.45) is 11.4. The SMILES string of the molecule is C=C(CC[C@@H](C)[C@H]1CC[C@@]2(C)[C@@H]3CC[C@H]4C(C)(C)C(=O)CC[C@@]45C[C@@]35CC[C@]12C(=O)O)C(C)C. The van der Waals surface area contributed by atoms with Crippen LogP contribution >= 0.6 is 0 Å². The standard InChI is InChI=1S/C31H48O3/c1-19(2)20(3)8-9-21(4)22-12-14-28(7)24-11-10-23-27(5,6)25(32)13-15-29(23)18-30(24,29)16-17-31(22,28)26(33)34/h19,21-24H,3,8-18H2,1-2,4-7H3,(H,33,34)/t21-,22-,23+,24+,28+,29-,30+,31-/m1/s1. The van der Waals surface area contributed by atoms with Crippen LogP contribution in [0.4, 0.5) is 0 Å². The Hall–Kier alpha value is -1.12. The van der Waals surface area contributed by atoms with Crippen LogP contribution in [0.2, 0.25) is 0 Å². The maximum Gasteiger partial charge on any atom is 0.310 e. The summed E-state index contributed by atoms with van der Waals surface area (Å²) >= 11 is 0. The molecule has 190 valence electrons. The van der Waals surface area contributed by atoms with Gasteiger partial charge in [0.2, 0.25) is 0 Å². The number of carboxylic acids is 1. The fourth-order valence-electron chi connectivity index (χ4n) is 11.1. The lowest BCUT2D eigenvalue weighted by atomic mass is 9.41. The zero-order valence-corrected chi connectivity index (χ0v) is 22.6. The van der Waals surface area contributed by atoms with E-state index in [9.17, 15) is 14.7 Å². The number of carbonyl (C=O) groups is 2. The van der Waals surface area contributed by atoms with Gasteiger partial charge >= 0.3 is 5.97 Å². The van der Waals surface area contributed by atoms with Gasteiger partial charge in [0.1, 0.15) is 5.78 Å². The molecule has 0 radical (unpaired) electrons. The molecule has 0 heterocycles. The summed E-state index contributed by atoms with van der Waals surface area (Å²) < 4.78 is 0. The first-order chi connectivity index (χ1) is 15.8. The molecule has 2 spiro atoms. The average molecular weight is 469 g/mol. The van der Waals surface area contributed by atoms with E-state index in [4.69, 9.17) is 0 Å². The Bertz CT molecular complexity index is 916. The van der Waals surface area contributed by atoms with Gasteiger partial charge in [0.05, 0.1) is 5.41 Å². The molecular formula is C31H48O3. The smallest absolute Gasteiger partial charge is 0.310 e. The molecule has 0 aromatic rings. The third kappa shape index (κ3) is 2.76. The van der Waals surface area contributed by atoms with Crippen molar-refractivity contribution in [1.29, 1.82) is 0 Å². The normalized spacial score (nSPS) is 47.3. The Morgan fingerprint density at radius 1 is 1.00 bits per heavy atom. The lowest BCUT2D eigenvalue weighted by Gasteiger charge is -2.61. The van der Waals surface area contributed by atoms with Gasteiger partial charge in [0, 0.05) is 11.8 Å². The number of hydrogen-bond acceptors (Lipinski definition) is 2. The molecule has 3 heteroatoms. The summed E-state index contributed by atoms with van der Waals surface area (Å²) in [6.45, 7) is 17.8. The van der Waals surface area contributed by atoms with Crippen LogP contribution in [0.1, 0.15) is 112 Å². The highest BCUT2D eigenvalue weighted by Crippen LogP contribution is 2.88. The molecule has 0 aromatic carbocycles. The lowest BCUT2D eigenvalue weighted by Crippen LogP contribution is -2.60. The topological polar surface area (TPSA) is 54.4 Å². The van der Waals surface area contributed by atoms with Crippen LogP contribution in [0, 0.1) is 56.7 Å². The van der Waals surface area contributed by atoms with Gasteiger partial charge in [-0.1, -0.05) is 53.7 Å². The summed E-state index contributed by atoms with van der Waals surface area (Å²) in [5.41, 5.74) is 0.988. The Morgan fingerprint density at radius 3 is 2.29 bits per heavy atom. The van der Waals surface area contributed by atoms with Crippen molar-refractivity contribution in [1.82, 2.24) is 0 Å². The molecule has 5 aliphatic rings. The molecule has 0 amide bonds. The molecule has 0 aromatic heterocycles. The summed E-state index contributed by atoms with van der Waals surface area (Å²) in [6, 6.07) is 0. The highest BCUT2D eigenvalue weighted by atomic mass is 16.4. The maximum absolute atomic E-state index is 13.3. The number of ketones is 1. The van der Waals surface area contributed by atoms with Gasteiger partial charge < -0.3 is 5.11 Å². The molecule has 0 unspecified atom stereocenters. The lowest BCUT2D eigenvalue weighted by molar-refractivity contribution is -0.187.